The van der Waals surface area contributed by atoms with Crippen LogP contribution in [0.3, 0.4) is 0 Å². The molecule has 0 saturated heterocycles. The van der Waals surface area contributed by atoms with Crippen LogP contribution >= 0.6 is 11.6 Å². The summed E-state index contributed by atoms with van der Waals surface area (Å²) < 4.78 is 4.94. The lowest BCUT2D eigenvalue weighted by molar-refractivity contribution is 0.0112. The molecule has 0 spiro atoms. The summed E-state index contributed by atoms with van der Waals surface area (Å²) in [6.07, 6.45) is 12.7. The second kappa shape index (κ2) is 9.36. The Kier molecular flexibility index (Phi) is 6.84. The summed E-state index contributed by atoms with van der Waals surface area (Å²) in [6.45, 7) is 9.62. The van der Waals surface area contributed by atoms with E-state index in [0.717, 1.165) is 42.8 Å². The summed E-state index contributed by atoms with van der Waals surface area (Å²) in [4.78, 5) is 14.6. The van der Waals surface area contributed by atoms with Crippen LogP contribution in [0.5, 0.6) is 0 Å². The molecule has 0 amide bonds. The Bertz CT molecular complexity index is 1000. The zero-order valence-corrected chi connectivity index (χ0v) is 18.2. The Hall–Kier alpha value is -2.77. The van der Waals surface area contributed by atoms with Crippen molar-refractivity contribution < 1.29 is 9.63 Å². The van der Waals surface area contributed by atoms with Crippen LogP contribution in [0.4, 0.5) is 0 Å². The zero-order chi connectivity index (χ0) is 21.7. The molecule has 7 nitrogen and oxygen atoms in total. The molecule has 30 heavy (non-hydrogen) atoms. The van der Waals surface area contributed by atoms with Crippen molar-refractivity contribution in [1.82, 2.24) is 25.0 Å². The van der Waals surface area contributed by atoms with Crippen molar-refractivity contribution in [3.63, 3.8) is 0 Å². The fraction of sp³-hybridized carbons (Fsp3) is 0.364. The predicted molar refractivity (Wildman–Crippen MR) is 116 cm³/mol. The summed E-state index contributed by atoms with van der Waals surface area (Å²) >= 11 is 6.02. The summed E-state index contributed by atoms with van der Waals surface area (Å²) in [5.41, 5.74) is 1.79. The molecule has 1 fully saturated rings. The Balaban J connectivity index is 0.000000184. The van der Waals surface area contributed by atoms with Crippen molar-refractivity contribution in [2.45, 2.75) is 52.1 Å². The van der Waals surface area contributed by atoms with E-state index in [4.69, 9.17) is 16.1 Å². The van der Waals surface area contributed by atoms with Crippen molar-refractivity contribution in [2.75, 3.05) is 0 Å². The highest BCUT2D eigenvalue weighted by Crippen LogP contribution is 2.37. The summed E-state index contributed by atoms with van der Waals surface area (Å²) in [6, 6.07) is 1.87. The van der Waals surface area contributed by atoms with E-state index in [1.807, 2.05) is 49.2 Å². The molecule has 1 aliphatic heterocycles. The topological polar surface area (TPSA) is 88.2 Å². The van der Waals surface area contributed by atoms with Crippen LogP contribution in [0.2, 0.25) is 0 Å². The van der Waals surface area contributed by atoms with Gasteiger partial charge in [-0.1, -0.05) is 29.4 Å². The van der Waals surface area contributed by atoms with Crippen molar-refractivity contribution in [3.05, 3.63) is 77.2 Å². The molecule has 3 heterocycles. The molecule has 2 aliphatic rings. The summed E-state index contributed by atoms with van der Waals surface area (Å²) in [5, 5.41) is 14.3. The molecule has 2 aromatic rings. The lowest BCUT2D eigenvalue weighted by Gasteiger charge is -2.25. The number of allylic oxidation sites excluding steroid dienone is 4. The molecule has 1 aliphatic carbocycles. The third-order valence-electron chi connectivity index (χ3n) is 4.91. The van der Waals surface area contributed by atoms with Crippen LogP contribution in [0.25, 0.3) is 5.70 Å². The number of hydrogen-bond donors (Lipinski definition) is 1. The highest BCUT2D eigenvalue weighted by Gasteiger charge is 2.38. The van der Waals surface area contributed by atoms with E-state index in [-0.39, 0.29) is 0 Å². The Labute approximate surface area is 181 Å². The molecule has 1 saturated carbocycles. The largest absolute Gasteiger partial charge is 0.380 e. The molecular weight excluding hydrogens is 402 g/mol. The maximum Gasteiger partial charge on any atom is 0.258 e. The van der Waals surface area contributed by atoms with Gasteiger partial charge in [0.05, 0.1) is 10.7 Å². The highest BCUT2D eigenvalue weighted by molar-refractivity contribution is 6.31. The SMILES string of the molecule is C=C1C=CC(Cl)=CN1/C(=C\C)c1nccc(C)n1.Cc1noc(C2(O)CCCC2)n1. The Morgan fingerprint density at radius 1 is 1.27 bits per heavy atom. The van der Waals surface area contributed by atoms with Gasteiger partial charge >= 0.3 is 0 Å². The van der Waals surface area contributed by atoms with Crippen molar-refractivity contribution in [2.24, 2.45) is 0 Å². The van der Waals surface area contributed by atoms with Gasteiger partial charge in [-0.25, -0.2) is 9.97 Å². The third-order valence-corrected chi connectivity index (χ3v) is 5.13. The van der Waals surface area contributed by atoms with Gasteiger partial charge in [-0.2, -0.15) is 4.98 Å². The summed E-state index contributed by atoms with van der Waals surface area (Å²) in [5.74, 6) is 1.64. The van der Waals surface area contributed by atoms with Gasteiger partial charge in [-0.05, 0) is 64.7 Å². The smallest absolute Gasteiger partial charge is 0.258 e. The van der Waals surface area contributed by atoms with Gasteiger partial charge in [0.2, 0.25) is 0 Å². The first-order valence-corrected chi connectivity index (χ1v) is 10.2. The fourth-order valence-corrected chi connectivity index (χ4v) is 3.50. The van der Waals surface area contributed by atoms with Gasteiger partial charge in [0.1, 0.15) is 5.60 Å². The Morgan fingerprint density at radius 3 is 2.60 bits per heavy atom. The summed E-state index contributed by atoms with van der Waals surface area (Å²) in [7, 11) is 0. The van der Waals surface area contributed by atoms with Gasteiger partial charge in [0.15, 0.2) is 11.6 Å². The van der Waals surface area contributed by atoms with Gasteiger partial charge in [0.25, 0.3) is 5.89 Å². The second-order valence-corrected chi connectivity index (χ2v) is 7.73. The lowest BCUT2D eigenvalue weighted by Crippen LogP contribution is -2.21. The minimum absolute atomic E-state index is 0.387. The molecule has 0 bridgehead atoms. The zero-order valence-electron chi connectivity index (χ0n) is 17.5. The monoisotopic (exact) mass is 427 g/mol. The van der Waals surface area contributed by atoms with Crippen molar-refractivity contribution in [3.8, 4) is 0 Å². The average Bonchev–Trinajstić information content (AvgIpc) is 3.35. The molecule has 4 rings (SSSR count). The number of halogens is 1. The first-order valence-electron chi connectivity index (χ1n) is 9.85. The van der Waals surface area contributed by atoms with Gasteiger partial charge in [-0.15, -0.1) is 0 Å². The van der Waals surface area contributed by atoms with Crippen LogP contribution < -0.4 is 0 Å². The molecule has 2 aromatic heterocycles. The van der Waals surface area contributed by atoms with Gasteiger partial charge in [0, 0.05) is 23.8 Å². The second-order valence-electron chi connectivity index (χ2n) is 7.29. The molecule has 0 atom stereocenters. The van der Waals surface area contributed by atoms with Gasteiger partial charge in [-0.3, -0.25) is 0 Å². The number of aromatic nitrogens is 4. The molecular formula is C22H26ClN5O2. The van der Waals surface area contributed by atoms with E-state index in [9.17, 15) is 5.11 Å². The lowest BCUT2D eigenvalue weighted by atomic mass is 10.0. The van der Waals surface area contributed by atoms with Crippen LogP contribution in [0.1, 0.15) is 55.8 Å². The highest BCUT2D eigenvalue weighted by atomic mass is 35.5. The molecule has 158 valence electrons. The molecule has 1 N–H and O–H groups in total. The Morgan fingerprint density at radius 2 is 2.00 bits per heavy atom. The third kappa shape index (κ3) is 5.04. The maximum absolute atomic E-state index is 9.98. The predicted octanol–water partition coefficient (Wildman–Crippen LogP) is 4.75. The first kappa shape index (κ1) is 21.9. The molecule has 0 radical (unpaired) electrons. The first-order chi connectivity index (χ1) is 14.3. The number of aryl methyl sites for hydroxylation is 2. The standard InChI is InChI=1S/C14H14ClN3.C8H12N2O2/c1-4-13(14-16-8-7-10(2)17-14)18-9-12(15)6-5-11(18)3;1-6-9-7(12-10-6)8(11)4-2-3-5-8/h4-9H,3H2,1-2H3;11H,2-5H2,1H3/b13-4-;. The molecule has 8 heteroatoms. The minimum atomic E-state index is -0.832. The fourth-order valence-electron chi connectivity index (χ4n) is 3.34. The maximum atomic E-state index is 9.98. The normalized spacial score (nSPS) is 18.2. The quantitative estimate of drug-likeness (QED) is 0.755. The molecule has 0 aromatic carbocycles. The van der Waals surface area contributed by atoms with E-state index >= 15 is 0 Å². The van der Waals surface area contributed by atoms with Crippen LogP contribution in [0.15, 0.2) is 58.5 Å². The van der Waals surface area contributed by atoms with E-state index in [1.165, 1.54) is 0 Å². The van der Waals surface area contributed by atoms with E-state index in [1.54, 1.807) is 13.1 Å². The van der Waals surface area contributed by atoms with Crippen LogP contribution in [0, 0.1) is 13.8 Å². The average molecular weight is 428 g/mol. The van der Waals surface area contributed by atoms with Crippen LogP contribution in [-0.4, -0.2) is 30.1 Å². The molecule has 0 unspecified atom stereocenters. The van der Waals surface area contributed by atoms with Crippen LogP contribution in [-0.2, 0) is 5.60 Å². The van der Waals surface area contributed by atoms with E-state index < -0.39 is 5.60 Å². The number of nitrogens with zero attached hydrogens (tertiary/aromatic N) is 5. The minimum Gasteiger partial charge on any atom is -0.380 e. The number of rotatable bonds is 3. The van der Waals surface area contributed by atoms with Gasteiger partial charge < -0.3 is 14.5 Å². The van der Waals surface area contributed by atoms with Crippen molar-refractivity contribution in [1.29, 1.82) is 0 Å². The van der Waals surface area contributed by atoms with E-state index in [0.29, 0.717) is 22.6 Å². The van der Waals surface area contributed by atoms with Crippen molar-refractivity contribution >= 4 is 17.3 Å². The number of hydrogen-bond acceptors (Lipinski definition) is 7. The van der Waals surface area contributed by atoms with E-state index in [2.05, 4.69) is 26.7 Å². The number of aliphatic hydroxyl groups is 1.